The quantitative estimate of drug-likeness (QED) is 0.807. The zero-order valence-electron chi connectivity index (χ0n) is 14.0. The Morgan fingerprint density at radius 1 is 1.09 bits per heavy atom. The van der Waals surface area contributed by atoms with Crippen molar-refractivity contribution in [2.75, 3.05) is 33.3 Å². The van der Waals surface area contributed by atoms with Gasteiger partial charge in [0.05, 0.1) is 13.2 Å². The molecule has 22 heavy (non-hydrogen) atoms. The van der Waals surface area contributed by atoms with Crippen molar-refractivity contribution in [2.45, 2.75) is 45.4 Å². The van der Waals surface area contributed by atoms with Crippen LogP contribution in [0, 0.1) is 0 Å². The second kappa shape index (κ2) is 6.88. The van der Waals surface area contributed by atoms with Gasteiger partial charge in [0, 0.05) is 38.8 Å². The van der Waals surface area contributed by atoms with E-state index >= 15 is 0 Å². The lowest BCUT2D eigenvalue weighted by Crippen LogP contribution is -2.46. The van der Waals surface area contributed by atoms with Gasteiger partial charge in [0.15, 0.2) is 11.5 Å². The SMILES string of the molecule is COc1cc(CN2CCN(C3CC3)CC2)ccc1OC(C)C. The molecule has 1 aromatic rings. The van der Waals surface area contributed by atoms with Crippen LogP contribution >= 0.6 is 0 Å². The van der Waals surface area contributed by atoms with Gasteiger partial charge in [-0.3, -0.25) is 9.80 Å². The molecule has 1 aromatic carbocycles. The van der Waals surface area contributed by atoms with E-state index in [2.05, 4.69) is 21.9 Å². The Kier molecular flexibility index (Phi) is 4.89. The highest BCUT2D eigenvalue weighted by Gasteiger charge is 2.31. The minimum atomic E-state index is 0.162. The molecule has 0 bridgehead atoms. The van der Waals surface area contributed by atoms with Gasteiger partial charge in [0.2, 0.25) is 0 Å². The topological polar surface area (TPSA) is 24.9 Å². The fourth-order valence-electron chi connectivity index (χ4n) is 3.15. The van der Waals surface area contributed by atoms with Crippen LogP contribution in [-0.4, -0.2) is 55.2 Å². The summed E-state index contributed by atoms with van der Waals surface area (Å²) in [6.45, 7) is 9.84. The zero-order chi connectivity index (χ0) is 15.5. The Morgan fingerprint density at radius 3 is 2.41 bits per heavy atom. The zero-order valence-corrected chi connectivity index (χ0v) is 14.0. The molecule has 0 radical (unpaired) electrons. The van der Waals surface area contributed by atoms with Crippen molar-refractivity contribution in [3.63, 3.8) is 0 Å². The predicted octanol–water partition coefficient (Wildman–Crippen LogP) is 2.76. The summed E-state index contributed by atoms with van der Waals surface area (Å²) in [5.74, 6) is 1.67. The fraction of sp³-hybridized carbons (Fsp3) is 0.667. The third-order valence-corrected chi connectivity index (χ3v) is 4.47. The lowest BCUT2D eigenvalue weighted by molar-refractivity contribution is 0.121. The third-order valence-electron chi connectivity index (χ3n) is 4.47. The van der Waals surface area contributed by atoms with E-state index in [-0.39, 0.29) is 6.10 Å². The average Bonchev–Trinajstić information content (AvgIpc) is 3.34. The summed E-state index contributed by atoms with van der Waals surface area (Å²) >= 11 is 0. The van der Waals surface area contributed by atoms with Crippen LogP contribution in [0.15, 0.2) is 18.2 Å². The molecule has 4 heteroatoms. The molecule has 1 aliphatic carbocycles. The maximum absolute atomic E-state index is 5.78. The van der Waals surface area contributed by atoms with E-state index in [1.807, 2.05) is 19.9 Å². The molecule has 0 amide bonds. The van der Waals surface area contributed by atoms with Gasteiger partial charge in [-0.2, -0.15) is 0 Å². The Hall–Kier alpha value is -1.26. The van der Waals surface area contributed by atoms with E-state index in [1.54, 1.807) is 7.11 Å². The van der Waals surface area contributed by atoms with Crippen LogP contribution in [0.1, 0.15) is 32.3 Å². The van der Waals surface area contributed by atoms with Crippen LogP contribution in [0.25, 0.3) is 0 Å². The number of hydrogen-bond acceptors (Lipinski definition) is 4. The molecule has 0 spiro atoms. The fourth-order valence-corrected chi connectivity index (χ4v) is 3.15. The summed E-state index contributed by atoms with van der Waals surface area (Å²) in [5, 5.41) is 0. The number of benzene rings is 1. The molecular weight excluding hydrogens is 276 g/mol. The highest BCUT2D eigenvalue weighted by molar-refractivity contribution is 5.43. The Bertz CT molecular complexity index is 492. The number of rotatable bonds is 6. The highest BCUT2D eigenvalue weighted by Crippen LogP contribution is 2.30. The summed E-state index contributed by atoms with van der Waals surface area (Å²) in [6, 6.07) is 7.21. The van der Waals surface area contributed by atoms with E-state index in [0.29, 0.717) is 0 Å². The minimum Gasteiger partial charge on any atom is -0.493 e. The van der Waals surface area contributed by atoms with Gasteiger partial charge in [-0.25, -0.2) is 0 Å². The van der Waals surface area contributed by atoms with E-state index in [4.69, 9.17) is 9.47 Å². The molecule has 1 saturated heterocycles. The van der Waals surface area contributed by atoms with Gasteiger partial charge >= 0.3 is 0 Å². The van der Waals surface area contributed by atoms with Gasteiger partial charge in [0.1, 0.15) is 0 Å². The first-order chi connectivity index (χ1) is 10.7. The summed E-state index contributed by atoms with van der Waals surface area (Å²) < 4.78 is 11.3. The molecule has 122 valence electrons. The lowest BCUT2D eigenvalue weighted by atomic mass is 10.1. The largest absolute Gasteiger partial charge is 0.493 e. The van der Waals surface area contributed by atoms with E-state index < -0.39 is 0 Å². The lowest BCUT2D eigenvalue weighted by Gasteiger charge is -2.34. The highest BCUT2D eigenvalue weighted by atomic mass is 16.5. The Morgan fingerprint density at radius 2 is 1.82 bits per heavy atom. The number of ether oxygens (including phenoxy) is 2. The second-order valence-electron chi connectivity index (χ2n) is 6.70. The van der Waals surface area contributed by atoms with Gasteiger partial charge < -0.3 is 9.47 Å². The van der Waals surface area contributed by atoms with Crippen LogP contribution in [0.5, 0.6) is 11.5 Å². The smallest absolute Gasteiger partial charge is 0.161 e. The molecule has 0 aromatic heterocycles. The van der Waals surface area contributed by atoms with Crippen LogP contribution in [-0.2, 0) is 6.54 Å². The van der Waals surface area contributed by atoms with Gasteiger partial charge in [-0.1, -0.05) is 6.07 Å². The van der Waals surface area contributed by atoms with Crippen molar-refractivity contribution in [2.24, 2.45) is 0 Å². The minimum absolute atomic E-state index is 0.162. The standard InChI is InChI=1S/C18H28N2O2/c1-14(2)22-17-7-4-15(12-18(17)21-3)13-19-8-10-20(11-9-19)16-5-6-16/h4,7,12,14,16H,5-6,8-11,13H2,1-3H3. The molecule has 2 fully saturated rings. The van der Waals surface area contributed by atoms with Gasteiger partial charge in [-0.15, -0.1) is 0 Å². The van der Waals surface area contributed by atoms with Crippen LogP contribution in [0.2, 0.25) is 0 Å². The molecule has 0 atom stereocenters. The first-order valence-corrected chi connectivity index (χ1v) is 8.45. The van der Waals surface area contributed by atoms with E-state index in [0.717, 1.165) is 24.1 Å². The molecule has 1 aliphatic heterocycles. The van der Waals surface area contributed by atoms with E-state index in [1.165, 1.54) is 44.6 Å². The number of piperazine rings is 1. The number of hydrogen-bond donors (Lipinski definition) is 0. The first kappa shape index (κ1) is 15.6. The van der Waals surface area contributed by atoms with Crippen LogP contribution in [0.4, 0.5) is 0 Å². The molecule has 4 nitrogen and oxygen atoms in total. The van der Waals surface area contributed by atoms with Crippen molar-refractivity contribution in [3.8, 4) is 11.5 Å². The molecule has 2 aliphatic rings. The number of methoxy groups -OCH3 is 1. The van der Waals surface area contributed by atoms with Crippen molar-refractivity contribution in [1.82, 2.24) is 9.80 Å². The molecule has 0 N–H and O–H groups in total. The van der Waals surface area contributed by atoms with Crippen LogP contribution in [0.3, 0.4) is 0 Å². The Balaban J connectivity index is 1.58. The first-order valence-electron chi connectivity index (χ1n) is 8.45. The summed E-state index contributed by atoms with van der Waals surface area (Å²) in [4.78, 5) is 5.19. The van der Waals surface area contributed by atoms with Crippen molar-refractivity contribution < 1.29 is 9.47 Å². The summed E-state index contributed by atoms with van der Waals surface area (Å²) in [6.07, 6.45) is 2.98. The monoisotopic (exact) mass is 304 g/mol. The second-order valence-corrected chi connectivity index (χ2v) is 6.70. The number of nitrogens with zero attached hydrogens (tertiary/aromatic N) is 2. The van der Waals surface area contributed by atoms with E-state index in [9.17, 15) is 0 Å². The molecule has 0 unspecified atom stereocenters. The molecular formula is C18H28N2O2. The van der Waals surface area contributed by atoms with Gasteiger partial charge in [0.25, 0.3) is 0 Å². The van der Waals surface area contributed by atoms with Crippen molar-refractivity contribution in [3.05, 3.63) is 23.8 Å². The predicted molar refractivity (Wildman–Crippen MR) is 88.6 cm³/mol. The summed E-state index contributed by atoms with van der Waals surface area (Å²) in [7, 11) is 1.71. The molecule has 1 heterocycles. The normalized spacial score (nSPS) is 20.4. The molecule has 3 rings (SSSR count). The third kappa shape index (κ3) is 3.93. The van der Waals surface area contributed by atoms with Gasteiger partial charge in [-0.05, 0) is 44.4 Å². The van der Waals surface area contributed by atoms with Crippen molar-refractivity contribution in [1.29, 1.82) is 0 Å². The molecule has 1 saturated carbocycles. The average molecular weight is 304 g/mol. The van der Waals surface area contributed by atoms with Crippen molar-refractivity contribution >= 4 is 0 Å². The Labute approximate surface area is 134 Å². The van der Waals surface area contributed by atoms with Crippen LogP contribution < -0.4 is 9.47 Å². The summed E-state index contributed by atoms with van der Waals surface area (Å²) in [5.41, 5.74) is 1.30. The maximum atomic E-state index is 5.78. The maximum Gasteiger partial charge on any atom is 0.161 e.